The second kappa shape index (κ2) is 5.37. The van der Waals surface area contributed by atoms with Gasteiger partial charge in [-0.15, -0.1) is 0 Å². The molecule has 0 radical (unpaired) electrons. The SMILES string of the molecule is C=C(C)C(C)(C)c1ccc(N=C=O)cc1N=C=O. The average Bonchev–Trinajstić information content (AvgIpc) is 2.29. The molecule has 0 aliphatic carbocycles. The van der Waals surface area contributed by atoms with Crippen LogP contribution in [-0.4, -0.2) is 12.2 Å². The van der Waals surface area contributed by atoms with E-state index in [1.807, 2.05) is 20.8 Å². The molecule has 1 aromatic rings. The van der Waals surface area contributed by atoms with Gasteiger partial charge in [0, 0.05) is 5.41 Å². The van der Waals surface area contributed by atoms with E-state index in [0.29, 0.717) is 11.4 Å². The number of isocyanates is 2. The van der Waals surface area contributed by atoms with Crippen LogP contribution in [0, 0.1) is 0 Å². The molecule has 0 amide bonds. The first-order valence-electron chi connectivity index (χ1n) is 5.39. The van der Waals surface area contributed by atoms with Gasteiger partial charge in [-0.25, -0.2) is 9.59 Å². The Bertz CT molecular complexity index is 575. The second-order valence-corrected chi connectivity index (χ2v) is 4.51. The molecule has 0 aliphatic rings. The fourth-order valence-corrected chi connectivity index (χ4v) is 1.54. The normalized spacial score (nSPS) is 10.2. The van der Waals surface area contributed by atoms with Crippen LogP contribution in [0.5, 0.6) is 0 Å². The van der Waals surface area contributed by atoms with Gasteiger partial charge in [0.1, 0.15) is 0 Å². The number of carbonyl (C=O) groups excluding carboxylic acids is 2. The van der Waals surface area contributed by atoms with Crippen molar-refractivity contribution in [2.45, 2.75) is 26.2 Å². The first-order chi connectivity index (χ1) is 8.43. The molecule has 0 spiro atoms. The summed E-state index contributed by atoms with van der Waals surface area (Å²) in [5.74, 6) is 0. The van der Waals surface area contributed by atoms with Gasteiger partial charge in [-0.2, -0.15) is 9.98 Å². The maximum Gasteiger partial charge on any atom is 0.240 e. The van der Waals surface area contributed by atoms with E-state index in [4.69, 9.17) is 0 Å². The molecule has 4 nitrogen and oxygen atoms in total. The number of aliphatic imine (C=N–C) groups is 2. The monoisotopic (exact) mass is 242 g/mol. The Morgan fingerprint density at radius 1 is 1.22 bits per heavy atom. The zero-order valence-electron chi connectivity index (χ0n) is 10.7. The maximum absolute atomic E-state index is 10.5. The second-order valence-electron chi connectivity index (χ2n) is 4.51. The smallest absolute Gasteiger partial charge is 0.211 e. The van der Waals surface area contributed by atoms with Crippen molar-refractivity contribution in [1.29, 1.82) is 0 Å². The highest BCUT2D eigenvalue weighted by Crippen LogP contribution is 2.38. The summed E-state index contributed by atoms with van der Waals surface area (Å²) in [6, 6.07) is 5.01. The van der Waals surface area contributed by atoms with Gasteiger partial charge < -0.3 is 0 Å². The van der Waals surface area contributed by atoms with Crippen LogP contribution in [0.25, 0.3) is 0 Å². The van der Waals surface area contributed by atoms with Crippen molar-refractivity contribution in [1.82, 2.24) is 0 Å². The minimum atomic E-state index is -0.334. The molecule has 18 heavy (non-hydrogen) atoms. The molecule has 0 N–H and O–H groups in total. The number of nitrogens with zero attached hydrogens (tertiary/aromatic N) is 2. The van der Waals surface area contributed by atoms with Gasteiger partial charge >= 0.3 is 0 Å². The van der Waals surface area contributed by atoms with E-state index in [9.17, 15) is 9.59 Å². The molecule has 0 atom stereocenters. The molecule has 92 valence electrons. The number of benzene rings is 1. The summed E-state index contributed by atoms with van der Waals surface area (Å²) >= 11 is 0. The van der Waals surface area contributed by atoms with Crippen LogP contribution in [-0.2, 0) is 15.0 Å². The molecule has 0 fully saturated rings. The van der Waals surface area contributed by atoms with Crippen molar-refractivity contribution in [2.75, 3.05) is 0 Å². The van der Waals surface area contributed by atoms with E-state index in [1.54, 1.807) is 18.2 Å². The third-order valence-electron chi connectivity index (χ3n) is 3.06. The zero-order valence-corrected chi connectivity index (χ0v) is 10.7. The Kier molecular flexibility index (Phi) is 4.11. The van der Waals surface area contributed by atoms with E-state index in [0.717, 1.165) is 11.1 Å². The van der Waals surface area contributed by atoms with Crippen LogP contribution in [0.15, 0.2) is 40.3 Å². The third-order valence-corrected chi connectivity index (χ3v) is 3.06. The van der Waals surface area contributed by atoms with E-state index < -0.39 is 0 Å². The summed E-state index contributed by atoms with van der Waals surface area (Å²) in [6.45, 7) is 9.81. The summed E-state index contributed by atoms with van der Waals surface area (Å²) in [5.41, 5.74) is 2.29. The molecule has 1 aromatic carbocycles. The van der Waals surface area contributed by atoms with Gasteiger partial charge in [0.05, 0.1) is 11.4 Å². The van der Waals surface area contributed by atoms with Gasteiger partial charge in [-0.05, 0) is 24.6 Å². The third kappa shape index (κ3) is 2.69. The van der Waals surface area contributed by atoms with Crippen molar-refractivity contribution < 1.29 is 9.59 Å². The lowest BCUT2D eigenvalue weighted by Gasteiger charge is -2.27. The van der Waals surface area contributed by atoms with E-state index in [1.165, 1.54) is 12.2 Å². The van der Waals surface area contributed by atoms with Crippen LogP contribution in [0.4, 0.5) is 11.4 Å². The average molecular weight is 242 g/mol. The Hall–Kier alpha value is -2.28. The van der Waals surface area contributed by atoms with Crippen LogP contribution >= 0.6 is 0 Å². The van der Waals surface area contributed by atoms with Gasteiger partial charge in [0.15, 0.2) is 0 Å². The molecule has 0 heterocycles. The largest absolute Gasteiger partial charge is 0.240 e. The highest BCUT2D eigenvalue weighted by atomic mass is 16.1. The lowest BCUT2D eigenvalue weighted by Crippen LogP contribution is -2.18. The van der Waals surface area contributed by atoms with E-state index in [-0.39, 0.29) is 5.41 Å². The number of hydrogen-bond donors (Lipinski definition) is 0. The standard InChI is InChI=1S/C14H14N2O2/c1-10(2)14(3,4)12-6-5-11(15-8-17)7-13(12)16-9-18/h5-7H,1H2,2-4H3. The topological polar surface area (TPSA) is 58.9 Å². The van der Waals surface area contributed by atoms with Crippen molar-refractivity contribution in [3.8, 4) is 0 Å². The molecule has 0 aliphatic heterocycles. The Morgan fingerprint density at radius 3 is 2.33 bits per heavy atom. The van der Waals surface area contributed by atoms with Crippen LogP contribution in [0.3, 0.4) is 0 Å². The molecular weight excluding hydrogens is 228 g/mol. The van der Waals surface area contributed by atoms with Gasteiger partial charge in [0.2, 0.25) is 12.2 Å². The molecule has 1 rings (SSSR count). The van der Waals surface area contributed by atoms with Crippen LogP contribution in [0.2, 0.25) is 0 Å². The highest BCUT2D eigenvalue weighted by Gasteiger charge is 2.24. The van der Waals surface area contributed by atoms with Crippen molar-refractivity contribution in [3.63, 3.8) is 0 Å². The molecule has 0 unspecified atom stereocenters. The lowest BCUT2D eigenvalue weighted by atomic mass is 9.78. The quantitative estimate of drug-likeness (QED) is 0.461. The molecule has 0 aromatic heterocycles. The fourth-order valence-electron chi connectivity index (χ4n) is 1.54. The zero-order chi connectivity index (χ0) is 13.8. The molecule has 0 saturated carbocycles. The fraction of sp³-hybridized carbons (Fsp3) is 0.286. The first kappa shape index (κ1) is 13.8. The van der Waals surface area contributed by atoms with Gasteiger partial charge in [-0.3, -0.25) is 0 Å². The van der Waals surface area contributed by atoms with Gasteiger partial charge in [0.25, 0.3) is 0 Å². The predicted molar refractivity (Wildman–Crippen MR) is 69.8 cm³/mol. The summed E-state index contributed by atoms with van der Waals surface area (Å²) in [7, 11) is 0. The maximum atomic E-state index is 10.5. The van der Waals surface area contributed by atoms with Crippen molar-refractivity contribution >= 4 is 23.5 Å². The Labute approximate surface area is 106 Å². The Balaban J connectivity index is 3.50. The predicted octanol–water partition coefficient (Wildman–Crippen LogP) is 3.47. The minimum Gasteiger partial charge on any atom is -0.211 e. The highest BCUT2D eigenvalue weighted by molar-refractivity contribution is 5.64. The number of rotatable bonds is 4. The molecule has 4 heteroatoms. The minimum absolute atomic E-state index is 0.334. The first-order valence-corrected chi connectivity index (χ1v) is 5.39. The van der Waals surface area contributed by atoms with Crippen LogP contribution in [0.1, 0.15) is 26.3 Å². The van der Waals surface area contributed by atoms with Crippen LogP contribution < -0.4 is 0 Å². The van der Waals surface area contributed by atoms with Gasteiger partial charge in [-0.1, -0.05) is 32.1 Å². The van der Waals surface area contributed by atoms with E-state index >= 15 is 0 Å². The van der Waals surface area contributed by atoms with Crippen molar-refractivity contribution in [3.05, 3.63) is 35.9 Å². The lowest BCUT2D eigenvalue weighted by molar-refractivity contribution is 0.564. The summed E-state index contributed by atoms with van der Waals surface area (Å²) in [6.07, 6.45) is 2.96. The summed E-state index contributed by atoms with van der Waals surface area (Å²) in [5, 5.41) is 0. The van der Waals surface area contributed by atoms with Crippen molar-refractivity contribution in [2.24, 2.45) is 9.98 Å². The Morgan fingerprint density at radius 2 is 1.83 bits per heavy atom. The molecular formula is C14H14N2O2. The number of hydrogen-bond acceptors (Lipinski definition) is 4. The molecule has 0 saturated heterocycles. The summed E-state index contributed by atoms with van der Waals surface area (Å²) < 4.78 is 0. The number of allylic oxidation sites excluding steroid dienone is 1. The van der Waals surface area contributed by atoms with E-state index in [2.05, 4.69) is 16.6 Å². The summed E-state index contributed by atoms with van der Waals surface area (Å²) in [4.78, 5) is 27.9. The molecule has 0 bridgehead atoms.